The van der Waals surface area contributed by atoms with E-state index < -0.39 is 7.12 Å². The Kier molecular flexibility index (Phi) is 3.27. The molecule has 0 aliphatic carbocycles. The van der Waals surface area contributed by atoms with Crippen LogP contribution in [0.5, 0.6) is 0 Å². The molecule has 0 fully saturated rings. The molecule has 0 unspecified atom stereocenters. The summed E-state index contributed by atoms with van der Waals surface area (Å²) in [6, 6.07) is 11.5. The van der Waals surface area contributed by atoms with Gasteiger partial charge in [-0.15, -0.1) is 0 Å². The minimum atomic E-state index is -1.46. The molecule has 1 aromatic carbocycles. The van der Waals surface area contributed by atoms with Gasteiger partial charge in [0.25, 0.3) is 0 Å². The van der Waals surface area contributed by atoms with Gasteiger partial charge in [-0.3, -0.25) is 4.98 Å². The molecule has 2 N–H and O–H groups in total. The van der Waals surface area contributed by atoms with Gasteiger partial charge < -0.3 is 10.0 Å². The van der Waals surface area contributed by atoms with E-state index in [1.807, 2.05) is 37.3 Å². The van der Waals surface area contributed by atoms with E-state index in [0.717, 1.165) is 16.8 Å². The van der Waals surface area contributed by atoms with E-state index >= 15 is 0 Å². The second kappa shape index (κ2) is 4.69. The van der Waals surface area contributed by atoms with E-state index in [0.29, 0.717) is 11.2 Å². The molecule has 2 rings (SSSR count). The van der Waals surface area contributed by atoms with Crippen LogP contribution in [0.2, 0.25) is 0 Å². The van der Waals surface area contributed by atoms with Crippen LogP contribution in [0.25, 0.3) is 11.3 Å². The highest BCUT2D eigenvalue weighted by Crippen LogP contribution is 2.20. The second-order valence-corrected chi connectivity index (χ2v) is 4.06. The molecule has 1 aromatic heterocycles. The van der Waals surface area contributed by atoms with Gasteiger partial charge >= 0.3 is 7.12 Å². The summed E-state index contributed by atoms with van der Waals surface area (Å²) < 4.78 is 0. The van der Waals surface area contributed by atoms with Crippen LogP contribution in [0.15, 0.2) is 36.4 Å². The quantitative estimate of drug-likeness (QED) is 0.754. The molecule has 0 aliphatic rings. The number of pyridine rings is 1. The van der Waals surface area contributed by atoms with Crippen LogP contribution in [0, 0.1) is 13.8 Å². The lowest BCUT2D eigenvalue weighted by atomic mass is 9.79. The van der Waals surface area contributed by atoms with Gasteiger partial charge in [0.15, 0.2) is 0 Å². The molecule has 0 spiro atoms. The van der Waals surface area contributed by atoms with Gasteiger partial charge in [0.05, 0.1) is 5.69 Å². The van der Waals surface area contributed by atoms with Gasteiger partial charge in [0.2, 0.25) is 0 Å². The summed E-state index contributed by atoms with van der Waals surface area (Å²) in [6.45, 7) is 3.80. The van der Waals surface area contributed by atoms with E-state index in [2.05, 4.69) is 4.98 Å². The molecule has 0 atom stereocenters. The molecule has 0 aliphatic heterocycles. The summed E-state index contributed by atoms with van der Waals surface area (Å²) in [6.07, 6.45) is 0. The van der Waals surface area contributed by atoms with E-state index in [9.17, 15) is 0 Å². The van der Waals surface area contributed by atoms with Crippen molar-refractivity contribution in [1.82, 2.24) is 4.98 Å². The minimum absolute atomic E-state index is 0.447. The van der Waals surface area contributed by atoms with Crippen molar-refractivity contribution < 1.29 is 10.0 Å². The van der Waals surface area contributed by atoms with E-state index in [1.54, 1.807) is 13.0 Å². The number of nitrogens with zero attached hydrogens (tertiary/aromatic N) is 1. The van der Waals surface area contributed by atoms with Crippen molar-refractivity contribution >= 4 is 12.6 Å². The normalized spacial score (nSPS) is 10.4. The standard InChI is InChI=1S/C13H14BNO2/c1-9-5-3-4-6-11(9)13-8-7-12(14(16)17)10(2)15-13/h3-8,16-17H,1-2H3. The Balaban J connectivity index is 2.49. The first-order chi connectivity index (χ1) is 8.09. The number of hydrogen-bond donors (Lipinski definition) is 2. The predicted molar refractivity (Wildman–Crippen MR) is 69.0 cm³/mol. The maximum absolute atomic E-state index is 9.14. The van der Waals surface area contributed by atoms with Gasteiger partial charge in [-0.1, -0.05) is 30.3 Å². The van der Waals surface area contributed by atoms with Crippen LogP contribution in [0.4, 0.5) is 0 Å². The van der Waals surface area contributed by atoms with Crippen molar-refractivity contribution in [3.05, 3.63) is 47.7 Å². The van der Waals surface area contributed by atoms with Crippen molar-refractivity contribution in [2.45, 2.75) is 13.8 Å². The molecule has 0 saturated heterocycles. The fraction of sp³-hybridized carbons (Fsp3) is 0.154. The zero-order valence-corrected chi connectivity index (χ0v) is 9.88. The minimum Gasteiger partial charge on any atom is -0.423 e. The Hall–Kier alpha value is -1.65. The van der Waals surface area contributed by atoms with Crippen LogP contribution in [-0.4, -0.2) is 22.2 Å². The average Bonchev–Trinajstić information content (AvgIpc) is 2.29. The van der Waals surface area contributed by atoms with Crippen LogP contribution in [-0.2, 0) is 0 Å². The monoisotopic (exact) mass is 227 g/mol. The number of aryl methyl sites for hydroxylation is 2. The molecule has 0 amide bonds. The first kappa shape index (κ1) is 11.8. The zero-order chi connectivity index (χ0) is 12.4. The third kappa shape index (κ3) is 2.38. The molecule has 1 heterocycles. The maximum Gasteiger partial charge on any atom is 0.490 e. The van der Waals surface area contributed by atoms with Crippen molar-refractivity contribution in [1.29, 1.82) is 0 Å². The number of hydrogen-bond acceptors (Lipinski definition) is 3. The number of benzene rings is 1. The van der Waals surface area contributed by atoms with Crippen LogP contribution >= 0.6 is 0 Å². The van der Waals surface area contributed by atoms with E-state index in [-0.39, 0.29) is 0 Å². The van der Waals surface area contributed by atoms with E-state index in [4.69, 9.17) is 10.0 Å². The highest BCUT2D eigenvalue weighted by molar-refractivity contribution is 6.59. The molecule has 86 valence electrons. The third-order valence-electron chi connectivity index (χ3n) is 2.83. The molecule has 4 heteroatoms. The first-order valence-corrected chi connectivity index (χ1v) is 5.49. The topological polar surface area (TPSA) is 53.4 Å². The molecular weight excluding hydrogens is 213 g/mol. The van der Waals surface area contributed by atoms with Crippen LogP contribution in [0.3, 0.4) is 0 Å². The van der Waals surface area contributed by atoms with Crippen molar-refractivity contribution in [3.8, 4) is 11.3 Å². The molecule has 0 saturated carbocycles. The smallest absolute Gasteiger partial charge is 0.423 e. The summed E-state index contributed by atoms with van der Waals surface area (Å²) in [5.74, 6) is 0. The summed E-state index contributed by atoms with van der Waals surface area (Å²) in [4.78, 5) is 4.41. The highest BCUT2D eigenvalue weighted by Gasteiger charge is 2.15. The Morgan fingerprint density at radius 2 is 1.71 bits per heavy atom. The summed E-state index contributed by atoms with van der Waals surface area (Å²) >= 11 is 0. The Labute approximate surface area is 101 Å². The summed E-state index contributed by atoms with van der Waals surface area (Å²) in [5.41, 5.74) is 4.15. The Morgan fingerprint density at radius 3 is 2.29 bits per heavy atom. The lowest BCUT2D eigenvalue weighted by Crippen LogP contribution is -2.32. The van der Waals surface area contributed by atoms with Gasteiger partial charge in [-0.05, 0) is 25.5 Å². The van der Waals surface area contributed by atoms with Crippen molar-refractivity contribution in [3.63, 3.8) is 0 Å². The molecule has 3 nitrogen and oxygen atoms in total. The fourth-order valence-corrected chi connectivity index (χ4v) is 1.86. The lowest BCUT2D eigenvalue weighted by Gasteiger charge is -2.08. The Bertz CT molecular complexity index is 541. The van der Waals surface area contributed by atoms with Crippen molar-refractivity contribution in [2.24, 2.45) is 0 Å². The zero-order valence-electron chi connectivity index (χ0n) is 9.88. The molecule has 0 bridgehead atoms. The van der Waals surface area contributed by atoms with Crippen LogP contribution in [0.1, 0.15) is 11.3 Å². The van der Waals surface area contributed by atoms with E-state index in [1.165, 1.54) is 0 Å². The van der Waals surface area contributed by atoms with Gasteiger partial charge in [0, 0.05) is 16.7 Å². The number of aromatic nitrogens is 1. The largest absolute Gasteiger partial charge is 0.490 e. The second-order valence-electron chi connectivity index (χ2n) is 4.06. The average molecular weight is 227 g/mol. The molecule has 2 aromatic rings. The maximum atomic E-state index is 9.14. The molecular formula is C13H14BNO2. The Morgan fingerprint density at radius 1 is 1.00 bits per heavy atom. The van der Waals surface area contributed by atoms with Crippen LogP contribution < -0.4 is 5.46 Å². The predicted octanol–water partition coefficient (Wildman–Crippen LogP) is 1.05. The van der Waals surface area contributed by atoms with Gasteiger partial charge in [-0.2, -0.15) is 0 Å². The highest BCUT2D eigenvalue weighted by atomic mass is 16.4. The fourth-order valence-electron chi connectivity index (χ4n) is 1.86. The first-order valence-electron chi connectivity index (χ1n) is 5.49. The summed E-state index contributed by atoms with van der Waals surface area (Å²) in [7, 11) is -1.46. The lowest BCUT2D eigenvalue weighted by molar-refractivity contribution is 0.425. The molecule has 0 radical (unpaired) electrons. The van der Waals surface area contributed by atoms with Crippen molar-refractivity contribution in [2.75, 3.05) is 0 Å². The third-order valence-corrected chi connectivity index (χ3v) is 2.83. The molecule has 17 heavy (non-hydrogen) atoms. The van der Waals surface area contributed by atoms with Gasteiger partial charge in [-0.25, -0.2) is 0 Å². The number of rotatable bonds is 2. The summed E-state index contributed by atoms with van der Waals surface area (Å²) in [5, 5.41) is 18.3. The SMILES string of the molecule is Cc1ccccc1-c1ccc(B(O)O)c(C)n1. The van der Waals surface area contributed by atoms with Gasteiger partial charge in [0.1, 0.15) is 0 Å².